The van der Waals surface area contributed by atoms with Crippen molar-refractivity contribution in [3.8, 4) is 0 Å². The van der Waals surface area contributed by atoms with Crippen molar-refractivity contribution < 1.29 is 4.79 Å². The van der Waals surface area contributed by atoms with Gasteiger partial charge in [0.05, 0.1) is 11.9 Å². The fraction of sp³-hybridized carbons (Fsp3) is 0.533. The van der Waals surface area contributed by atoms with E-state index in [0.29, 0.717) is 12.3 Å². The van der Waals surface area contributed by atoms with Crippen LogP contribution in [-0.2, 0) is 4.79 Å². The first-order valence-corrected chi connectivity index (χ1v) is 7.01. The quantitative estimate of drug-likeness (QED) is 0.875. The monoisotopic (exact) mass is 278 g/mol. The standard InChI is InChI=1S/C8H10N4.C5H10O.C2H6/c1-6-3-4-8-10-7(9-2)5-12(8)11-6;1-5(2)3-4-6;1-2/h3-5,9H,1-2H3;4-5H,3H2,1-2H3;1-2H3. The number of nitrogens with zero attached hydrogens (tertiary/aromatic N) is 3. The Morgan fingerprint density at radius 2 is 2.00 bits per heavy atom. The van der Waals surface area contributed by atoms with E-state index in [4.69, 9.17) is 0 Å². The third-order valence-corrected chi connectivity index (χ3v) is 2.28. The van der Waals surface area contributed by atoms with Gasteiger partial charge in [-0.2, -0.15) is 5.10 Å². The van der Waals surface area contributed by atoms with Crippen LogP contribution >= 0.6 is 0 Å². The Kier molecular flexibility index (Phi) is 9.00. The van der Waals surface area contributed by atoms with Crippen molar-refractivity contribution >= 4 is 17.8 Å². The number of hydrogen-bond acceptors (Lipinski definition) is 4. The third kappa shape index (κ3) is 6.31. The molecular formula is C15H26N4O. The summed E-state index contributed by atoms with van der Waals surface area (Å²) in [6.07, 6.45) is 3.51. The lowest BCUT2D eigenvalue weighted by atomic mass is 10.2. The van der Waals surface area contributed by atoms with Crippen LogP contribution in [0.25, 0.3) is 5.65 Å². The summed E-state index contributed by atoms with van der Waals surface area (Å²) in [7, 11) is 1.84. The van der Waals surface area contributed by atoms with E-state index in [0.717, 1.165) is 23.4 Å². The molecule has 0 aliphatic carbocycles. The molecule has 0 atom stereocenters. The van der Waals surface area contributed by atoms with E-state index in [2.05, 4.69) is 15.4 Å². The first-order chi connectivity index (χ1) is 9.56. The van der Waals surface area contributed by atoms with Gasteiger partial charge in [0.1, 0.15) is 12.1 Å². The van der Waals surface area contributed by atoms with Gasteiger partial charge in [-0.15, -0.1) is 0 Å². The molecule has 2 aromatic heterocycles. The van der Waals surface area contributed by atoms with Gasteiger partial charge >= 0.3 is 0 Å². The lowest BCUT2D eigenvalue weighted by molar-refractivity contribution is -0.108. The first kappa shape index (κ1) is 18.1. The number of aromatic nitrogens is 3. The van der Waals surface area contributed by atoms with Crippen LogP contribution in [0.3, 0.4) is 0 Å². The van der Waals surface area contributed by atoms with Crippen molar-refractivity contribution in [1.29, 1.82) is 0 Å². The van der Waals surface area contributed by atoms with Gasteiger partial charge in [-0.3, -0.25) is 0 Å². The minimum atomic E-state index is 0.530. The van der Waals surface area contributed by atoms with Crippen LogP contribution < -0.4 is 5.32 Å². The van der Waals surface area contributed by atoms with E-state index < -0.39 is 0 Å². The van der Waals surface area contributed by atoms with E-state index >= 15 is 0 Å². The number of imidazole rings is 1. The zero-order chi connectivity index (χ0) is 15.5. The maximum absolute atomic E-state index is 9.62. The lowest BCUT2D eigenvalue weighted by Crippen LogP contribution is -1.91. The zero-order valence-electron chi connectivity index (χ0n) is 13.3. The Hall–Kier alpha value is -1.91. The molecule has 0 fully saturated rings. The first-order valence-electron chi connectivity index (χ1n) is 7.01. The molecule has 2 heterocycles. The average Bonchev–Trinajstić information content (AvgIpc) is 2.83. The number of aryl methyl sites for hydroxylation is 1. The van der Waals surface area contributed by atoms with E-state index in [1.807, 2.05) is 60.0 Å². The zero-order valence-corrected chi connectivity index (χ0v) is 13.3. The molecule has 0 aromatic carbocycles. The molecule has 0 saturated heterocycles. The van der Waals surface area contributed by atoms with Gasteiger partial charge in [0.2, 0.25) is 0 Å². The number of fused-ring (bicyclic) bond motifs is 1. The fourth-order valence-corrected chi connectivity index (χ4v) is 1.29. The predicted molar refractivity (Wildman–Crippen MR) is 84.1 cm³/mol. The third-order valence-electron chi connectivity index (χ3n) is 2.28. The molecule has 2 aromatic rings. The maximum Gasteiger partial charge on any atom is 0.156 e. The Bertz CT molecular complexity index is 506. The van der Waals surface area contributed by atoms with Crippen molar-refractivity contribution in [2.24, 2.45) is 5.92 Å². The molecular weight excluding hydrogens is 252 g/mol. The van der Waals surface area contributed by atoms with Crippen LogP contribution in [0.4, 0.5) is 5.82 Å². The molecule has 0 bridgehead atoms. The van der Waals surface area contributed by atoms with Crippen LogP contribution in [0, 0.1) is 12.8 Å². The molecule has 5 heteroatoms. The smallest absolute Gasteiger partial charge is 0.156 e. The lowest BCUT2D eigenvalue weighted by Gasteiger charge is -1.91. The second-order valence-electron chi connectivity index (χ2n) is 4.45. The molecule has 112 valence electrons. The van der Waals surface area contributed by atoms with Crippen LogP contribution in [0.1, 0.15) is 39.8 Å². The van der Waals surface area contributed by atoms with Crippen molar-refractivity contribution in [1.82, 2.24) is 14.6 Å². The molecule has 5 nitrogen and oxygen atoms in total. The van der Waals surface area contributed by atoms with Crippen molar-refractivity contribution in [2.45, 2.75) is 41.0 Å². The molecule has 2 rings (SSSR count). The molecule has 20 heavy (non-hydrogen) atoms. The minimum Gasteiger partial charge on any atom is -0.372 e. The number of nitrogens with one attached hydrogen (secondary N) is 1. The average molecular weight is 278 g/mol. The summed E-state index contributed by atoms with van der Waals surface area (Å²) in [5, 5.41) is 7.22. The van der Waals surface area contributed by atoms with Gasteiger partial charge in [0.15, 0.2) is 5.65 Å². The molecule has 0 aliphatic heterocycles. The maximum atomic E-state index is 9.62. The van der Waals surface area contributed by atoms with Gasteiger partial charge in [-0.05, 0) is 25.0 Å². The summed E-state index contributed by atoms with van der Waals surface area (Å²) in [6, 6.07) is 3.89. The summed E-state index contributed by atoms with van der Waals surface area (Å²) in [5.74, 6) is 1.37. The van der Waals surface area contributed by atoms with E-state index in [1.165, 1.54) is 0 Å². The largest absolute Gasteiger partial charge is 0.372 e. The van der Waals surface area contributed by atoms with E-state index in [1.54, 1.807) is 4.52 Å². The van der Waals surface area contributed by atoms with Crippen LogP contribution in [0.2, 0.25) is 0 Å². The van der Waals surface area contributed by atoms with Crippen molar-refractivity contribution in [3.63, 3.8) is 0 Å². The summed E-state index contributed by atoms with van der Waals surface area (Å²) in [5.41, 5.74) is 1.85. The summed E-state index contributed by atoms with van der Waals surface area (Å²) in [4.78, 5) is 13.9. The molecule has 0 radical (unpaired) electrons. The minimum absolute atomic E-state index is 0.530. The van der Waals surface area contributed by atoms with Gasteiger partial charge in [0, 0.05) is 13.5 Å². The second kappa shape index (κ2) is 9.95. The van der Waals surface area contributed by atoms with Crippen LogP contribution in [0.15, 0.2) is 18.3 Å². The SMILES string of the molecule is CC.CC(C)CC=O.CNc1cn2nc(C)ccc2n1. The van der Waals surface area contributed by atoms with Gasteiger partial charge in [-0.25, -0.2) is 9.50 Å². The number of carbonyl (C=O) groups excluding carboxylic acids is 1. The number of anilines is 1. The number of rotatable bonds is 3. The summed E-state index contributed by atoms with van der Waals surface area (Å²) < 4.78 is 1.77. The van der Waals surface area contributed by atoms with E-state index in [9.17, 15) is 4.79 Å². The van der Waals surface area contributed by atoms with Crippen molar-refractivity contribution in [3.05, 3.63) is 24.0 Å². The van der Waals surface area contributed by atoms with E-state index in [-0.39, 0.29) is 0 Å². The fourth-order valence-electron chi connectivity index (χ4n) is 1.29. The number of carbonyl (C=O) groups is 1. The Morgan fingerprint density at radius 3 is 2.45 bits per heavy atom. The highest BCUT2D eigenvalue weighted by atomic mass is 16.1. The number of aldehydes is 1. The van der Waals surface area contributed by atoms with Gasteiger partial charge in [0.25, 0.3) is 0 Å². The number of hydrogen-bond donors (Lipinski definition) is 1. The van der Waals surface area contributed by atoms with Crippen LogP contribution in [-0.4, -0.2) is 27.9 Å². The summed E-state index contributed by atoms with van der Waals surface area (Å²) >= 11 is 0. The molecule has 0 saturated carbocycles. The highest BCUT2D eigenvalue weighted by Gasteiger charge is 1.98. The molecule has 0 spiro atoms. The normalized spacial score (nSPS) is 9.35. The highest BCUT2D eigenvalue weighted by molar-refractivity contribution is 5.49. The van der Waals surface area contributed by atoms with Gasteiger partial charge < -0.3 is 10.1 Å². The highest BCUT2D eigenvalue weighted by Crippen LogP contribution is 2.07. The Morgan fingerprint density at radius 1 is 1.35 bits per heavy atom. The Labute approximate surface area is 121 Å². The predicted octanol–water partition coefficient (Wildman–Crippen LogP) is 3.34. The molecule has 0 unspecified atom stereocenters. The Balaban J connectivity index is 0.000000387. The van der Waals surface area contributed by atoms with Gasteiger partial charge in [-0.1, -0.05) is 27.7 Å². The summed E-state index contributed by atoms with van der Waals surface area (Å²) in [6.45, 7) is 10.0. The second-order valence-corrected chi connectivity index (χ2v) is 4.45. The topological polar surface area (TPSA) is 59.3 Å². The molecule has 1 N–H and O–H groups in total. The van der Waals surface area contributed by atoms with Crippen LogP contribution in [0.5, 0.6) is 0 Å². The molecule has 0 amide bonds. The molecule has 0 aliphatic rings. The van der Waals surface area contributed by atoms with Crippen molar-refractivity contribution in [2.75, 3.05) is 12.4 Å².